The summed E-state index contributed by atoms with van der Waals surface area (Å²) in [5, 5.41) is 21.4. The Hall–Kier alpha value is -10.2. The minimum atomic E-state index is -4.45. The van der Waals surface area contributed by atoms with Gasteiger partial charge in [0.15, 0.2) is 0 Å². The number of urea groups is 1. The predicted molar refractivity (Wildman–Crippen MR) is 449 cm³/mol. The van der Waals surface area contributed by atoms with E-state index in [4.69, 9.17) is 91.5 Å². The molecular weight excluding hydrogens is 1700 g/mol. The zero-order valence-electron chi connectivity index (χ0n) is 62.2. The van der Waals surface area contributed by atoms with E-state index in [1.807, 2.05) is 115 Å². The zero-order valence-corrected chi connectivity index (χ0v) is 68.4. The second-order valence-corrected chi connectivity index (χ2v) is 32.8. The third kappa shape index (κ3) is 19.0. The summed E-state index contributed by atoms with van der Waals surface area (Å²) in [7, 11) is 0. The van der Waals surface area contributed by atoms with Crippen LogP contribution in [0.2, 0.25) is 25.1 Å². The van der Waals surface area contributed by atoms with Crippen molar-refractivity contribution in [3.05, 3.63) is 286 Å². The van der Waals surface area contributed by atoms with Crippen molar-refractivity contribution >= 4 is 149 Å². The highest BCUT2D eigenvalue weighted by Gasteiger charge is 2.44. The number of carbonyl (C=O) groups excluding carboxylic acids is 5. The van der Waals surface area contributed by atoms with Crippen LogP contribution < -0.4 is 34.3 Å². The van der Waals surface area contributed by atoms with E-state index in [9.17, 15) is 37.1 Å². The van der Waals surface area contributed by atoms with Crippen molar-refractivity contribution in [3.8, 4) is 28.7 Å². The Morgan fingerprint density at radius 1 is 0.479 bits per heavy atom. The van der Waals surface area contributed by atoms with Crippen molar-refractivity contribution in [2.75, 3.05) is 51.8 Å². The molecule has 30 heteroatoms. The molecule has 9 aromatic carbocycles. The minimum absolute atomic E-state index is 0.0598. The lowest BCUT2D eigenvalue weighted by Gasteiger charge is -2.35. The third-order valence-corrected chi connectivity index (χ3v) is 24.2. The smallest absolute Gasteiger partial charge is 0.416 e. The Kier molecular flexibility index (Phi) is 25.4. The van der Waals surface area contributed by atoms with E-state index in [1.165, 1.54) is 17.0 Å². The molecule has 0 bridgehead atoms. The van der Waals surface area contributed by atoms with Crippen molar-refractivity contribution in [3.63, 3.8) is 0 Å². The number of nitrogens with one attached hydrogen (secondary N) is 5. The van der Waals surface area contributed by atoms with Gasteiger partial charge in [-0.15, -0.1) is 0 Å². The highest BCUT2D eigenvalue weighted by Crippen LogP contribution is 2.45. The normalized spacial score (nSPS) is 17.9. The topological polar surface area (TPSA) is 242 Å². The number of rotatable bonds is 18. The number of ether oxygens (including phenoxy) is 6. The molecule has 6 atom stereocenters. The molecule has 5 amide bonds. The molecule has 0 saturated carbocycles. The molecule has 117 heavy (non-hydrogen) atoms. The fraction of sp³-hybridized carbons (Fsp3) is 0.253. The zero-order chi connectivity index (χ0) is 81.6. The van der Waals surface area contributed by atoms with E-state index >= 15 is 0 Å². The van der Waals surface area contributed by atoms with Crippen LogP contribution in [0.25, 0.3) is 32.7 Å². The number of hydrogen-bond acceptors (Lipinski definition) is 13. The first-order valence-corrected chi connectivity index (χ1v) is 41.5. The van der Waals surface area contributed by atoms with Gasteiger partial charge in [-0.2, -0.15) is 24.9 Å². The van der Waals surface area contributed by atoms with Crippen molar-refractivity contribution in [2.24, 2.45) is 0 Å². The van der Waals surface area contributed by atoms with Crippen molar-refractivity contribution in [1.29, 1.82) is 0 Å². The molecule has 0 spiro atoms. The molecule has 604 valence electrons. The third-order valence-electron chi connectivity index (χ3n) is 21.0. The monoisotopic (exact) mass is 1770 g/mol. The summed E-state index contributed by atoms with van der Waals surface area (Å²) in [5.41, 5.74) is 10.3. The van der Waals surface area contributed by atoms with E-state index in [1.54, 1.807) is 82.6 Å². The summed E-state index contributed by atoms with van der Waals surface area (Å²) < 4.78 is 74.2. The molecule has 17 rings (SSSR count). The number of carbonyl (C=O) groups is 5. The van der Waals surface area contributed by atoms with Crippen LogP contribution in [0.4, 0.5) is 32.3 Å². The summed E-state index contributed by atoms with van der Waals surface area (Å²) in [6.45, 7) is 1.79. The summed E-state index contributed by atoms with van der Waals surface area (Å²) >= 11 is 35.9. The number of esters is 1. The van der Waals surface area contributed by atoms with E-state index in [0.29, 0.717) is 110 Å². The van der Waals surface area contributed by atoms with Gasteiger partial charge < -0.3 is 59.1 Å². The number of aromatic amines is 3. The number of hydrogen-bond donors (Lipinski definition) is 6. The van der Waals surface area contributed by atoms with Gasteiger partial charge in [-0.1, -0.05) is 117 Å². The van der Waals surface area contributed by atoms with Crippen molar-refractivity contribution in [1.82, 2.24) is 40.3 Å². The lowest BCUT2D eigenvalue weighted by molar-refractivity contribution is -0.144. The molecule has 20 nitrogen and oxygen atoms in total. The van der Waals surface area contributed by atoms with Crippen LogP contribution in [0.15, 0.2) is 205 Å². The minimum Gasteiger partial charge on any atom is -0.491 e. The molecule has 6 unspecified atom stereocenters. The number of fused-ring (bicyclic) bond motifs is 10. The molecule has 0 aliphatic carbocycles. The number of benzene rings is 9. The Morgan fingerprint density at radius 2 is 0.872 bits per heavy atom. The van der Waals surface area contributed by atoms with E-state index in [2.05, 4.69) is 41.5 Å². The number of aromatic nitrogens is 3. The molecule has 0 radical (unpaired) electrons. The SMILES string of the molecule is O=C(Oc1ccc(Cl)cc1)N1CCc2c([nH]c3ccc(Br)cc23)C1c1ccc(C(F)(F)F)cc1.O=C(Oc1ccc(Cl)cc1)N1CCc2c([nH]c3ccc(Cl)cc23)C1c1ccc(OCCO)cc1.O=C1NC2CSC(CCCCC(=O)OCCOc3ccc(C4c5[nH]c6ccc(Cl)cc6c5CCN4C(=O)Oc4ccc(Cl)cc4)cc3)C2N1. The quantitative estimate of drug-likeness (QED) is 0.0266. The van der Waals surface area contributed by atoms with Crippen molar-refractivity contribution < 1.29 is 70.7 Å². The summed E-state index contributed by atoms with van der Waals surface area (Å²) in [6, 6.07) is 55.9. The molecule has 3 aromatic heterocycles. The van der Waals surface area contributed by atoms with Crippen LogP contribution in [0, 0.1) is 0 Å². The van der Waals surface area contributed by atoms with Gasteiger partial charge in [0.1, 0.15) is 66.7 Å². The van der Waals surface area contributed by atoms with Crippen LogP contribution >= 0.6 is 85.7 Å². The van der Waals surface area contributed by atoms with Crippen LogP contribution in [-0.2, 0) is 35.0 Å². The number of halogens is 9. The van der Waals surface area contributed by atoms with Crippen LogP contribution in [0.3, 0.4) is 0 Å². The molecular formula is C87H75BrCl5F3N8O12S. The van der Waals surface area contributed by atoms with Gasteiger partial charge in [-0.25, -0.2) is 19.2 Å². The lowest BCUT2D eigenvalue weighted by atomic mass is 9.92. The summed E-state index contributed by atoms with van der Waals surface area (Å²) in [6.07, 6.45) is -1.14. The maximum Gasteiger partial charge on any atom is 0.416 e. The van der Waals surface area contributed by atoms with Gasteiger partial charge in [0.25, 0.3) is 0 Å². The molecule has 5 aliphatic rings. The van der Waals surface area contributed by atoms with Gasteiger partial charge in [0.2, 0.25) is 0 Å². The van der Waals surface area contributed by atoms with E-state index in [-0.39, 0.29) is 56.6 Å². The Bertz CT molecular complexity index is 5620. The second-order valence-electron chi connectivity index (χ2n) is 28.4. The number of amides is 5. The summed E-state index contributed by atoms with van der Waals surface area (Å²) in [5.74, 6) is 3.11. The predicted octanol–water partition coefficient (Wildman–Crippen LogP) is 21.0. The van der Waals surface area contributed by atoms with Gasteiger partial charge in [-0.05, 0) is 229 Å². The van der Waals surface area contributed by atoms with E-state index in [0.717, 1.165) is 119 Å². The molecule has 2 saturated heterocycles. The van der Waals surface area contributed by atoms with E-state index < -0.39 is 42.1 Å². The van der Waals surface area contributed by atoms with Gasteiger partial charge >= 0.3 is 36.5 Å². The Balaban J connectivity index is 0.000000141. The van der Waals surface area contributed by atoms with Crippen molar-refractivity contribution in [2.45, 2.75) is 86.6 Å². The maximum absolute atomic E-state index is 13.6. The number of aliphatic hydroxyl groups is 1. The van der Waals surface area contributed by atoms with Crippen LogP contribution in [0.5, 0.6) is 28.7 Å². The molecule has 12 aromatic rings. The number of thioether (sulfide) groups is 1. The van der Waals surface area contributed by atoms with Gasteiger partial charge in [0, 0.05) is 116 Å². The Labute approximate surface area is 707 Å². The highest BCUT2D eigenvalue weighted by molar-refractivity contribution is 9.10. The fourth-order valence-corrected chi connectivity index (χ4v) is 18.2. The van der Waals surface area contributed by atoms with Crippen LogP contribution in [-0.4, -0.2) is 134 Å². The molecule has 5 aliphatic heterocycles. The first kappa shape index (κ1) is 81.9. The standard InChI is InChI=1S/C36H36Cl2N4O6S.C26H22Cl2N2O4.C25H17BrClF3N2O2/c37-22-7-12-25(13-8-22)48-36(45)42-16-15-26-27-19-23(38)9-14-28(27)39-32(26)34(42)21-5-10-24(11-6-21)46-17-18-47-31(43)4-2-1-3-30-33-29(20-49-30)40-35(44)41-33;27-17-3-8-20(9-4-17)34-26(32)30-12-11-21-22-15-18(28)5-10-23(22)29-24(21)25(30)16-1-6-19(7-2-16)33-14-13-31;26-16-5-10-21-20(13-16)19-11-12-32(24(33)34-18-8-6-17(27)7-9-18)23(22(19)31-21)14-1-3-15(4-2-14)25(28,29)30/h5-14,19,29-30,33-34,39H,1-4,15-18,20H2,(H2,40,41,44);1-10,15,25,29,31H,11-14H2;1-10,13,23,31H,11-12H2. The van der Waals surface area contributed by atoms with Gasteiger partial charge in [0.05, 0.1) is 24.3 Å². The first-order chi connectivity index (χ1) is 56.5. The Morgan fingerprint density at radius 3 is 1.30 bits per heavy atom. The lowest BCUT2D eigenvalue weighted by Crippen LogP contribution is -2.42. The maximum atomic E-state index is 13.6. The molecule has 6 N–H and O–H groups in total. The number of alkyl halides is 3. The average Bonchev–Trinajstić information content (AvgIpc) is 1.68. The second kappa shape index (κ2) is 36.3. The fourth-order valence-electron chi connectivity index (χ4n) is 15.6. The number of aliphatic hydroxyl groups excluding tert-OH is 1. The molecule has 8 heterocycles. The number of unbranched alkanes of at least 4 members (excludes halogenated alkanes) is 1. The first-order valence-electron chi connectivity index (χ1n) is 37.8. The average molecular weight is 1770 g/mol. The molecule has 2 fully saturated rings. The highest BCUT2D eigenvalue weighted by atomic mass is 79.9. The van der Waals surface area contributed by atoms with Gasteiger partial charge in [-0.3, -0.25) is 19.5 Å². The van der Waals surface area contributed by atoms with Crippen LogP contribution in [0.1, 0.15) is 99.8 Å². The number of H-pyrrole nitrogens is 3. The summed E-state index contributed by atoms with van der Waals surface area (Å²) in [4.78, 5) is 79.3. The largest absolute Gasteiger partial charge is 0.491 e. The number of nitrogens with zero attached hydrogens (tertiary/aromatic N) is 3.